The van der Waals surface area contributed by atoms with E-state index in [4.69, 9.17) is 4.74 Å². The second kappa shape index (κ2) is 9.37. The molecule has 35 heavy (non-hydrogen) atoms. The molecule has 3 amide bonds. The van der Waals surface area contributed by atoms with Crippen molar-refractivity contribution in [2.24, 2.45) is 13.0 Å². The molecule has 2 N–H and O–H groups in total. The molecule has 1 spiro atoms. The summed E-state index contributed by atoms with van der Waals surface area (Å²) in [4.78, 5) is 30.0. The maximum absolute atomic E-state index is 13.3. The Labute approximate surface area is 207 Å². The first-order valence-electron chi connectivity index (χ1n) is 13.0. The smallest absolute Gasteiger partial charge is 0.318 e. The Morgan fingerprint density at radius 2 is 1.97 bits per heavy atom. The summed E-state index contributed by atoms with van der Waals surface area (Å²) in [6.07, 6.45) is 5.48. The number of piperidine rings is 1. The van der Waals surface area contributed by atoms with Crippen LogP contribution in [0.5, 0.6) is 5.75 Å². The minimum Gasteiger partial charge on any atom is -0.497 e. The number of fused-ring (bicyclic) bond motifs is 4. The fourth-order valence-electron chi connectivity index (χ4n) is 6.20. The third kappa shape index (κ3) is 4.15. The van der Waals surface area contributed by atoms with Crippen LogP contribution in [0.2, 0.25) is 0 Å². The highest BCUT2D eigenvalue weighted by atomic mass is 16.5. The number of aliphatic hydroxyl groups is 1. The van der Waals surface area contributed by atoms with Crippen LogP contribution < -0.4 is 10.1 Å². The van der Waals surface area contributed by atoms with Gasteiger partial charge in [-0.25, -0.2) is 4.79 Å². The standard InChI is InChI=1S/C27H38N4O4/c1-4-11-28-26(34)31-17-27(9-12-30(13-10-27)23(33)14-18-5-6-18)24-20-8-7-19(35-3)15-21(20)29(2)25(24)22(31)16-32/h7-8,15,18,22,32H,4-6,9-14,16-17H2,1-3H3,(H,28,34)/t22-/m1/s1. The Hall–Kier alpha value is -2.74. The highest BCUT2D eigenvalue weighted by Crippen LogP contribution is 2.50. The van der Waals surface area contributed by atoms with E-state index in [1.165, 1.54) is 18.4 Å². The lowest BCUT2D eigenvalue weighted by molar-refractivity contribution is -0.133. The van der Waals surface area contributed by atoms with Crippen LogP contribution in [-0.4, -0.2) is 71.3 Å². The minimum atomic E-state index is -0.426. The van der Waals surface area contributed by atoms with E-state index in [2.05, 4.69) is 16.0 Å². The van der Waals surface area contributed by atoms with Gasteiger partial charge < -0.3 is 29.5 Å². The van der Waals surface area contributed by atoms with Gasteiger partial charge in [0.25, 0.3) is 0 Å². The maximum Gasteiger partial charge on any atom is 0.318 e. The first-order chi connectivity index (χ1) is 16.9. The monoisotopic (exact) mass is 482 g/mol. The molecule has 3 heterocycles. The lowest BCUT2D eigenvalue weighted by atomic mass is 9.68. The van der Waals surface area contributed by atoms with Crippen LogP contribution in [0.4, 0.5) is 4.79 Å². The average Bonchev–Trinajstić information content (AvgIpc) is 3.65. The fraction of sp³-hybridized carbons (Fsp3) is 0.630. The van der Waals surface area contributed by atoms with Crippen molar-refractivity contribution in [1.29, 1.82) is 0 Å². The molecule has 1 saturated carbocycles. The van der Waals surface area contributed by atoms with Crippen LogP contribution >= 0.6 is 0 Å². The minimum absolute atomic E-state index is 0.133. The number of aliphatic hydroxyl groups excluding tert-OH is 1. The SMILES string of the molecule is CCCNC(=O)N1CC2(CCN(C(=O)CC3CC3)CC2)c2c(n(C)c3cc(OC)ccc23)[C@H]1CO. The summed E-state index contributed by atoms with van der Waals surface area (Å²) in [5, 5.41) is 14.7. The number of methoxy groups -OCH3 is 1. The van der Waals surface area contributed by atoms with Gasteiger partial charge in [0.05, 0.1) is 25.3 Å². The summed E-state index contributed by atoms with van der Waals surface area (Å²) in [7, 11) is 3.68. The number of nitrogens with zero attached hydrogens (tertiary/aromatic N) is 3. The molecule has 3 aliphatic rings. The van der Waals surface area contributed by atoms with Crippen molar-refractivity contribution in [2.45, 2.75) is 56.9 Å². The molecule has 2 fully saturated rings. The summed E-state index contributed by atoms with van der Waals surface area (Å²) in [5.74, 6) is 1.63. The Kier molecular flexibility index (Phi) is 6.42. The van der Waals surface area contributed by atoms with E-state index in [0.717, 1.165) is 41.6 Å². The summed E-state index contributed by atoms with van der Waals surface area (Å²) < 4.78 is 7.62. The molecule has 1 aliphatic carbocycles. The van der Waals surface area contributed by atoms with Gasteiger partial charge in [0.2, 0.25) is 5.91 Å². The molecule has 1 atom stereocenters. The predicted octanol–water partition coefficient (Wildman–Crippen LogP) is 3.32. The van der Waals surface area contributed by atoms with Gasteiger partial charge in [0.1, 0.15) is 5.75 Å². The number of carbonyl (C=O) groups excluding carboxylic acids is 2. The molecule has 190 valence electrons. The zero-order valence-corrected chi connectivity index (χ0v) is 21.2. The van der Waals surface area contributed by atoms with Crippen LogP contribution in [0.3, 0.4) is 0 Å². The predicted molar refractivity (Wildman–Crippen MR) is 135 cm³/mol. The van der Waals surface area contributed by atoms with Gasteiger partial charge in [-0.3, -0.25) is 4.79 Å². The molecule has 5 rings (SSSR count). The molecule has 0 bridgehead atoms. The zero-order valence-electron chi connectivity index (χ0n) is 21.2. The summed E-state index contributed by atoms with van der Waals surface area (Å²) in [6.45, 7) is 4.43. The molecule has 1 aromatic heterocycles. The number of aryl methyl sites for hydroxylation is 1. The summed E-state index contributed by atoms with van der Waals surface area (Å²) in [5.41, 5.74) is 2.99. The second-order valence-corrected chi connectivity index (χ2v) is 10.6. The van der Waals surface area contributed by atoms with E-state index in [1.807, 2.05) is 35.9 Å². The molecule has 2 aromatic rings. The van der Waals surface area contributed by atoms with Crippen molar-refractivity contribution in [1.82, 2.24) is 19.7 Å². The van der Waals surface area contributed by atoms with Gasteiger partial charge in [-0.05, 0) is 55.7 Å². The van der Waals surface area contributed by atoms with Crippen LogP contribution in [-0.2, 0) is 17.3 Å². The highest BCUT2D eigenvalue weighted by molar-refractivity contribution is 5.89. The van der Waals surface area contributed by atoms with Crippen molar-refractivity contribution in [3.63, 3.8) is 0 Å². The Bertz CT molecular complexity index is 1110. The molecule has 1 saturated heterocycles. The normalized spacial score (nSPS) is 21.3. The number of urea groups is 1. The molecule has 1 aromatic carbocycles. The van der Waals surface area contributed by atoms with Gasteiger partial charge >= 0.3 is 6.03 Å². The number of aromatic nitrogens is 1. The van der Waals surface area contributed by atoms with Gasteiger partial charge in [0.15, 0.2) is 0 Å². The third-order valence-electron chi connectivity index (χ3n) is 8.34. The Morgan fingerprint density at radius 1 is 1.23 bits per heavy atom. The quantitative estimate of drug-likeness (QED) is 0.661. The van der Waals surface area contributed by atoms with Gasteiger partial charge in [-0.1, -0.05) is 6.92 Å². The number of rotatable bonds is 6. The van der Waals surface area contributed by atoms with Gasteiger partial charge in [-0.15, -0.1) is 0 Å². The van der Waals surface area contributed by atoms with Crippen molar-refractivity contribution >= 4 is 22.8 Å². The number of benzene rings is 1. The summed E-state index contributed by atoms with van der Waals surface area (Å²) >= 11 is 0. The lowest BCUT2D eigenvalue weighted by Gasteiger charge is -2.50. The molecule has 8 heteroatoms. The number of nitrogens with one attached hydrogen (secondary N) is 1. The van der Waals surface area contributed by atoms with E-state index in [-0.39, 0.29) is 24.0 Å². The first-order valence-corrected chi connectivity index (χ1v) is 13.0. The molecule has 8 nitrogen and oxygen atoms in total. The first kappa shape index (κ1) is 24.0. The molecular weight excluding hydrogens is 444 g/mol. The van der Waals surface area contributed by atoms with Crippen molar-refractivity contribution in [3.05, 3.63) is 29.5 Å². The third-order valence-corrected chi connectivity index (χ3v) is 8.34. The molecule has 2 aliphatic heterocycles. The number of hydrogen-bond acceptors (Lipinski definition) is 4. The number of likely N-dealkylation sites (tertiary alicyclic amines) is 1. The van der Waals surface area contributed by atoms with E-state index in [1.54, 1.807) is 7.11 Å². The lowest BCUT2D eigenvalue weighted by Crippen LogP contribution is -2.57. The van der Waals surface area contributed by atoms with Crippen LogP contribution in [0, 0.1) is 5.92 Å². The number of amides is 3. The molecular formula is C27H38N4O4. The maximum atomic E-state index is 13.3. The fourth-order valence-corrected chi connectivity index (χ4v) is 6.20. The van der Waals surface area contributed by atoms with Crippen molar-refractivity contribution in [2.75, 3.05) is 39.9 Å². The van der Waals surface area contributed by atoms with Crippen molar-refractivity contribution < 1.29 is 19.4 Å². The average molecular weight is 483 g/mol. The molecule has 0 unspecified atom stereocenters. The van der Waals surface area contributed by atoms with E-state index in [0.29, 0.717) is 38.5 Å². The largest absolute Gasteiger partial charge is 0.497 e. The topological polar surface area (TPSA) is 87.0 Å². The van der Waals surface area contributed by atoms with E-state index < -0.39 is 6.04 Å². The van der Waals surface area contributed by atoms with Crippen LogP contribution in [0.1, 0.15) is 62.7 Å². The van der Waals surface area contributed by atoms with E-state index >= 15 is 0 Å². The number of hydrogen-bond donors (Lipinski definition) is 2. The Morgan fingerprint density at radius 3 is 2.60 bits per heavy atom. The molecule has 0 radical (unpaired) electrons. The zero-order chi connectivity index (χ0) is 24.7. The van der Waals surface area contributed by atoms with E-state index in [9.17, 15) is 14.7 Å². The highest BCUT2D eigenvalue weighted by Gasteiger charge is 2.50. The van der Waals surface area contributed by atoms with Crippen molar-refractivity contribution in [3.8, 4) is 5.75 Å². The van der Waals surface area contributed by atoms with Crippen LogP contribution in [0.25, 0.3) is 10.9 Å². The Balaban J connectivity index is 1.57. The summed E-state index contributed by atoms with van der Waals surface area (Å²) in [6, 6.07) is 5.57. The van der Waals surface area contributed by atoms with Gasteiger partial charge in [0, 0.05) is 62.2 Å². The van der Waals surface area contributed by atoms with Gasteiger partial charge in [-0.2, -0.15) is 0 Å². The number of ether oxygens (including phenoxy) is 1. The number of carbonyl (C=O) groups is 2. The van der Waals surface area contributed by atoms with Crippen LogP contribution in [0.15, 0.2) is 18.2 Å². The second-order valence-electron chi connectivity index (χ2n) is 10.6.